The molecule has 10 heavy (non-hydrogen) atoms. The van der Waals surface area contributed by atoms with E-state index in [1.54, 1.807) is 0 Å². The van der Waals surface area contributed by atoms with E-state index in [-0.39, 0.29) is 18.6 Å². The van der Waals surface area contributed by atoms with E-state index < -0.39 is 0 Å². The lowest BCUT2D eigenvalue weighted by Gasteiger charge is -2.24. The van der Waals surface area contributed by atoms with E-state index in [9.17, 15) is 5.11 Å². The SMILES string of the molecule is CC1=CCC(O)C(CO)C1. The molecule has 1 aliphatic rings. The molecule has 0 aliphatic heterocycles. The summed E-state index contributed by atoms with van der Waals surface area (Å²) in [6, 6.07) is 0. The third-order valence-corrected chi connectivity index (χ3v) is 2.07. The molecule has 0 heterocycles. The highest BCUT2D eigenvalue weighted by molar-refractivity contribution is 5.05. The summed E-state index contributed by atoms with van der Waals surface area (Å²) in [7, 11) is 0. The number of hydrogen-bond donors (Lipinski definition) is 2. The van der Waals surface area contributed by atoms with Crippen molar-refractivity contribution >= 4 is 0 Å². The zero-order valence-corrected chi connectivity index (χ0v) is 6.25. The second-order valence-electron chi connectivity index (χ2n) is 3.00. The summed E-state index contributed by atoms with van der Waals surface area (Å²) in [5.41, 5.74) is 1.28. The first-order valence-electron chi connectivity index (χ1n) is 3.68. The summed E-state index contributed by atoms with van der Waals surface area (Å²) in [5.74, 6) is 0.0741. The van der Waals surface area contributed by atoms with Crippen LogP contribution in [0.2, 0.25) is 0 Å². The van der Waals surface area contributed by atoms with Crippen molar-refractivity contribution in [3.05, 3.63) is 11.6 Å². The van der Waals surface area contributed by atoms with Gasteiger partial charge in [-0.3, -0.25) is 0 Å². The van der Waals surface area contributed by atoms with E-state index in [0.29, 0.717) is 6.42 Å². The minimum absolute atomic E-state index is 0.0741. The normalized spacial score (nSPS) is 33.7. The monoisotopic (exact) mass is 142 g/mol. The van der Waals surface area contributed by atoms with E-state index in [0.717, 1.165) is 6.42 Å². The van der Waals surface area contributed by atoms with Crippen LogP contribution in [0.5, 0.6) is 0 Å². The van der Waals surface area contributed by atoms with Crippen LogP contribution in [-0.4, -0.2) is 22.9 Å². The van der Waals surface area contributed by atoms with Crippen LogP contribution in [0.4, 0.5) is 0 Å². The molecule has 0 aromatic rings. The van der Waals surface area contributed by atoms with E-state index in [1.807, 2.05) is 13.0 Å². The molecule has 0 spiro atoms. The largest absolute Gasteiger partial charge is 0.396 e. The molecular formula is C8H14O2. The molecule has 0 aromatic carbocycles. The van der Waals surface area contributed by atoms with Crippen molar-refractivity contribution in [2.24, 2.45) is 5.92 Å². The van der Waals surface area contributed by atoms with Gasteiger partial charge in [0.25, 0.3) is 0 Å². The smallest absolute Gasteiger partial charge is 0.0627 e. The summed E-state index contributed by atoms with van der Waals surface area (Å²) in [6.07, 6.45) is 3.26. The highest BCUT2D eigenvalue weighted by Gasteiger charge is 2.21. The molecule has 1 aliphatic carbocycles. The summed E-state index contributed by atoms with van der Waals surface area (Å²) < 4.78 is 0. The highest BCUT2D eigenvalue weighted by Crippen LogP contribution is 2.23. The standard InChI is InChI=1S/C8H14O2/c1-6-2-3-8(10)7(4-6)5-9/h2,7-10H,3-5H2,1H3. The first kappa shape index (κ1) is 7.76. The average molecular weight is 142 g/mol. The lowest BCUT2D eigenvalue weighted by atomic mass is 9.88. The number of aliphatic hydroxyl groups excluding tert-OH is 2. The second kappa shape index (κ2) is 3.17. The minimum Gasteiger partial charge on any atom is -0.396 e. The fraction of sp³-hybridized carbons (Fsp3) is 0.750. The van der Waals surface area contributed by atoms with Crippen LogP contribution in [0.25, 0.3) is 0 Å². The molecule has 1 rings (SSSR count). The Balaban J connectivity index is 2.53. The molecule has 2 nitrogen and oxygen atoms in total. The number of hydrogen-bond acceptors (Lipinski definition) is 2. The topological polar surface area (TPSA) is 40.5 Å². The van der Waals surface area contributed by atoms with Crippen molar-refractivity contribution in [1.29, 1.82) is 0 Å². The molecule has 2 unspecified atom stereocenters. The van der Waals surface area contributed by atoms with Crippen molar-refractivity contribution in [3.8, 4) is 0 Å². The van der Waals surface area contributed by atoms with Crippen LogP contribution in [-0.2, 0) is 0 Å². The molecule has 2 heteroatoms. The van der Waals surface area contributed by atoms with Crippen LogP contribution in [0.15, 0.2) is 11.6 Å². The lowest BCUT2D eigenvalue weighted by molar-refractivity contribution is 0.0639. The van der Waals surface area contributed by atoms with Crippen LogP contribution in [0, 0.1) is 5.92 Å². The molecule has 0 fully saturated rings. The van der Waals surface area contributed by atoms with Gasteiger partial charge in [-0.2, -0.15) is 0 Å². The molecule has 0 aromatic heterocycles. The first-order chi connectivity index (χ1) is 4.74. The Labute approximate surface area is 61.2 Å². The number of allylic oxidation sites excluding steroid dienone is 1. The second-order valence-corrected chi connectivity index (χ2v) is 3.00. The molecular weight excluding hydrogens is 128 g/mol. The minimum atomic E-state index is -0.325. The predicted octanol–water partition coefficient (Wildman–Crippen LogP) is 0.696. The van der Waals surface area contributed by atoms with Gasteiger partial charge in [0.1, 0.15) is 0 Å². The van der Waals surface area contributed by atoms with E-state index in [2.05, 4.69) is 0 Å². The maximum absolute atomic E-state index is 9.28. The van der Waals surface area contributed by atoms with Crippen molar-refractivity contribution in [2.45, 2.75) is 25.9 Å². The van der Waals surface area contributed by atoms with Gasteiger partial charge in [-0.1, -0.05) is 11.6 Å². The Kier molecular flexibility index (Phi) is 2.46. The molecule has 0 amide bonds. The van der Waals surface area contributed by atoms with E-state index in [1.165, 1.54) is 5.57 Å². The average Bonchev–Trinajstić information content (AvgIpc) is 1.94. The fourth-order valence-corrected chi connectivity index (χ4v) is 1.33. The Morgan fingerprint density at radius 2 is 2.40 bits per heavy atom. The van der Waals surface area contributed by atoms with Gasteiger partial charge in [0.15, 0.2) is 0 Å². The zero-order chi connectivity index (χ0) is 7.56. The Morgan fingerprint density at radius 3 is 2.90 bits per heavy atom. The molecule has 2 N–H and O–H groups in total. The predicted molar refractivity (Wildman–Crippen MR) is 39.6 cm³/mol. The van der Waals surface area contributed by atoms with Crippen molar-refractivity contribution in [1.82, 2.24) is 0 Å². The Hall–Kier alpha value is -0.340. The number of aliphatic hydroxyl groups is 2. The highest BCUT2D eigenvalue weighted by atomic mass is 16.3. The molecule has 58 valence electrons. The van der Waals surface area contributed by atoms with Crippen LogP contribution < -0.4 is 0 Å². The Bertz CT molecular complexity index is 140. The maximum Gasteiger partial charge on any atom is 0.0627 e. The van der Waals surface area contributed by atoms with Gasteiger partial charge < -0.3 is 10.2 Å². The summed E-state index contributed by atoms with van der Waals surface area (Å²) in [5, 5.41) is 18.1. The van der Waals surface area contributed by atoms with Crippen molar-refractivity contribution in [3.63, 3.8) is 0 Å². The first-order valence-corrected chi connectivity index (χ1v) is 3.68. The third-order valence-electron chi connectivity index (χ3n) is 2.07. The van der Waals surface area contributed by atoms with Gasteiger partial charge in [0.05, 0.1) is 6.10 Å². The third kappa shape index (κ3) is 1.58. The van der Waals surface area contributed by atoms with Crippen LogP contribution >= 0.6 is 0 Å². The van der Waals surface area contributed by atoms with Crippen LogP contribution in [0.3, 0.4) is 0 Å². The van der Waals surface area contributed by atoms with Gasteiger partial charge in [-0.05, 0) is 19.8 Å². The van der Waals surface area contributed by atoms with Gasteiger partial charge >= 0.3 is 0 Å². The molecule has 2 atom stereocenters. The van der Waals surface area contributed by atoms with E-state index >= 15 is 0 Å². The molecule has 0 saturated heterocycles. The van der Waals surface area contributed by atoms with Crippen molar-refractivity contribution < 1.29 is 10.2 Å². The van der Waals surface area contributed by atoms with Gasteiger partial charge in [0.2, 0.25) is 0 Å². The summed E-state index contributed by atoms with van der Waals surface area (Å²) >= 11 is 0. The van der Waals surface area contributed by atoms with Gasteiger partial charge in [-0.15, -0.1) is 0 Å². The van der Waals surface area contributed by atoms with Gasteiger partial charge in [0, 0.05) is 12.5 Å². The van der Waals surface area contributed by atoms with Crippen molar-refractivity contribution in [2.75, 3.05) is 6.61 Å². The molecule has 0 saturated carbocycles. The lowest BCUT2D eigenvalue weighted by Crippen LogP contribution is -2.26. The molecule has 0 radical (unpaired) electrons. The van der Waals surface area contributed by atoms with E-state index in [4.69, 9.17) is 5.11 Å². The van der Waals surface area contributed by atoms with Crippen LogP contribution in [0.1, 0.15) is 19.8 Å². The quantitative estimate of drug-likeness (QED) is 0.529. The maximum atomic E-state index is 9.28. The Morgan fingerprint density at radius 1 is 1.70 bits per heavy atom. The number of rotatable bonds is 1. The zero-order valence-electron chi connectivity index (χ0n) is 6.25. The summed E-state index contributed by atoms with van der Waals surface area (Å²) in [4.78, 5) is 0. The van der Waals surface area contributed by atoms with Gasteiger partial charge in [-0.25, -0.2) is 0 Å². The summed E-state index contributed by atoms with van der Waals surface area (Å²) in [6.45, 7) is 2.14. The fourth-order valence-electron chi connectivity index (χ4n) is 1.33. The molecule has 0 bridgehead atoms.